The summed E-state index contributed by atoms with van der Waals surface area (Å²) in [5.41, 5.74) is 9.87. The molecule has 0 aromatic heterocycles. The van der Waals surface area contributed by atoms with Crippen molar-refractivity contribution in [3.63, 3.8) is 0 Å². The van der Waals surface area contributed by atoms with Crippen LogP contribution < -0.4 is 5.43 Å². The van der Waals surface area contributed by atoms with Crippen LogP contribution in [0.2, 0.25) is 0 Å². The number of hydrogen-bond donors (Lipinski definition) is 5. The summed E-state index contributed by atoms with van der Waals surface area (Å²) in [6.07, 6.45) is -3.49. The highest BCUT2D eigenvalue weighted by atomic mass is 16.4. The van der Waals surface area contributed by atoms with E-state index in [0.29, 0.717) is 0 Å². The molecule has 0 saturated carbocycles. The van der Waals surface area contributed by atoms with Crippen LogP contribution in [0.25, 0.3) is 10.4 Å². The van der Waals surface area contributed by atoms with Gasteiger partial charge in [0.1, 0.15) is 12.2 Å². The van der Waals surface area contributed by atoms with Crippen molar-refractivity contribution >= 4 is 5.78 Å². The fourth-order valence-corrected chi connectivity index (χ4v) is 0.786. The lowest BCUT2D eigenvalue weighted by atomic mass is 10.0. The average Bonchev–Trinajstić information content (AvgIpc) is 2.27. The molecule has 0 amide bonds. The lowest BCUT2D eigenvalue weighted by molar-refractivity contribution is -0.137. The van der Waals surface area contributed by atoms with Crippen molar-refractivity contribution in [1.82, 2.24) is 5.43 Å². The Morgan fingerprint density at radius 1 is 1.40 bits per heavy atom. The maximum atomic E-state index is 11.3. The third-order valence-electron chi connectivity index (χ3n) is 1.63. The Balaban J connectivity index is 4.42. The average molecular weight is 220 g/mol. The number of aliphatic hydroxyl groups is 4. The molecule has 0 unspecified atom stereocenters. The Hall–Kier alpha value is -1.38. The van der Waals surface area contributed by atoms with Crippen LogP contribution in [-0.4, -0.2) is 57.7 Å². The summed E-state index contributed by atoms with van der Waals surface area (Å²) in [5, 5.41) is 38.1. The SMILES string of the molecule is [N-]=[N+]=NN[C@@H](CO)C(=O)[C@H](O)[C@H](O)CO. The van der Waals surface area contributed by atoms with E-state index in [1.165, 1.54) is 0 Å². The summed E-state index contributed by atoms with van der Waals surface area (Å²) in [6.45, 7) is -1.51. The van der Waals surface area contributed by atoms with Crippen LogP contribution in [0.3, 0.4) is 0 Å². The number of rotatable bonds is 7. The molecule has 0 bridgehead atoms. The van der Waals surface area contributed by atoms with Crippen LogP contribution in [0.15, 0.2) is 5.22 Å². The Morgan fingerprint density at radius 3 is 2.40 bits per heavy atom. The Morgan fingerprint density at radius 2 is 2.00 bits per heavy atom. The molecule has 0 heterocycles. The van der Waals surface area contributed by atoms with E-state index in [0.717, 1.165) is 0 Å². The van der Waals surface area contributed by atoms with Gasteiger partial charge in [-0.1, -0.05) is 0 Å². The van der Waals surface area contributed by atoms with E-state index in [-0.39, 0.29) is 0 Å². The fourth-order valence-electron chi connectivity index (χ4n) is 0.786. The number of hydrogen-bond acceptors (Lipinski definition) is 6. The standard InChI is InChI=1S/C6H12N4O5/c7-9-10-8-3(1-11)5(14)6(15)4(13)2-12/h3-4,6,8,11-13,15H,1-2H2/t3-,4+,6+/m0/s1. The van der Waals surface area contributed by atoms with Gasteiger partial charge < -0.3 is 20.4 Å². The van der Waals surface area contributed by atoms with Crippen LogP contribution in [0.1, 0.15) is 0 Å². The van der Waals surface area contributed by atoms with Gasteiger partial charge in [0.05, 0.1) is 13.2 Å². The van der Waals surface area contributed by atoms with Crippen LogP contribution >= 0.6 is 0 Å². The number of azide groups is 1. The van der Waals surface area contributed by atoms with Gasteiger partial charge in [-0.25, -0.2) is 5.43 Å². The first-order valence-electron chi connectivity index (χ1n) is 3.99. The predicted octanol–water partition coefficient (Wildman–Crippen LogP) is -2.55. The Labute approximate surface area is 84.6 Å². The molecule has 0 aromatic rings. The van der Waals surface area contributed by atoms with Crippen LogP contribution in [0.5, 0.6) is 0 Å². The zero-order valence-corrected chi connectivity index (χ0v) is 7.69. The molecule has 0 aliphatic carbocycles. The summed E-state index contributed by atoms with van der Waals surface area (Å²) in [5.74, 6) is -0.980. The molecule has 0 radical (unpaired) electrons. The second-order valence-electron chi connectivity index (χ2n) is 2.65. The molecular weight excluding hydrogens is 208 g/mol. The van der Waals surface area contributed by atoms with E-state index in [4.69, 9.17) is 26.0 Å². The summed E-state index contributed by atoms with van der Waals surface area (Å²) in [7, 11) is 0. The summed E-state index contributed by atoms with van der Waals surface area (Å²) in [6, 6.07) is -1.32. The van der Waals surface area contributed by atoms with Crippen molar-refractivity contribution in [3.05, 3.63) is 10.4 Å². The largest absolute Gasteiger partial charge is 0.394 e. The molecule has 9 heteroatoms. The van der Waals surface area contributed by atoms with Gasteiger partial charge in [-0.2, -0.15) is 4.91 Å². The minimum absolute atomic E-state index is 0.715. The van der Waals surface area contributed by atoms with Crippen molar-refractivity contribution in [1.29, 1.82) is 0 Å². The van der Waals surface area contributed by atoms with Gasteiger partial charge in [0.2, 0.25) is 5.78 Å². The number of ketones is 1. The number of Topliss-reactive ketones (excluding diaryl/α,β-unsaturated/α-hetero) is 1. The molecule has 0 aliphatic heterocycles. The quantitative estimate of drug-likeness (QED) is 0.137. The van der Waals surface area contributed by atoms with Crippen molar-refractivity contribution in [2.24, 2.45) is 5.22 Å². The maximum Gasteiger partial charge on any atom is 0.210 e. The van der Waals surface area contributed by atoms with Gasteiger partial charge in [-0.15, -0.1) is 5.53 Å². The molecular formula is C6H12N4O5. The first-order valence-corrected chi connectivity index (χ1v) is 3.99. The smallest absolute Gasteiger partial charge is 0.210 e. The zero-order chi connectivity index (χ0) is 11.8. The van der Waals surface area contributed by atoms with Gasteiger partial charge in [0.15, 0.2) is 6.04 Å². The van der Waals surface area contributed by atoms with Gasteiger partial charge in [0.25, 0.3) is 0 Å². The number of carbonyl (C=O) groups is 1. The Bertz CT molecular complexity index is 254. The van der Waals surface area contributed by atoms with Crippen molar-refractivity contribution < 1.29 is 25.2 Å². The highest BCUT2D eigenvalue weighted by Crippen LogP contribution is 1.99. The van der Waals surface area contributed by atoms with Crippen LogP contribution in [-0.2, 0) is 4.79 Å². The Kier molecular flexibility index (Phi) is 6.34. The number of carbonyl (C=O) groups excluding carboxylic acids is 1. The number of nitrogens with one attached hydrogen (secondary N) is 1. The fraction of sp³-hybridized carbons (Fsp3) is 0.833. The monoisotopic (exact) mass is 220 g/mol. The molecule has 15 heavy (non-hydrogen) atoms. The van der Waals surface area contributed by atoms with Crippen molar-refractivity contribution in [2.45, 2.75) is 18.2 Å². The number of aliphatic hydroxyl groups excluding tert-OH is 4. The minimum atomic E-state index is -1.85. The van der Waals surface area contributed by atoms with Gasteiger partial charge in [-0.3, -0.25) is 4.79 Å². The van der Waals surface area contributed by atoms with Gasteiger partial charge in [-0.05, 0) is 5.22 Å². The van der Waals surface area contributed by atoms with E-state index in [9.17, 15) is 4.79 Å². The second-order valence-corrected chi connectivity index (χ2v) is 2.65. The summed E-state index contributed by atoms with van der Waals surface area (Å²) >= 11 is 0. The number of nitrogens with zero attached hydrogens (tertiary/aromatic N) is 3. The lowest BCUT2D eigenvalue weighted by Gasteiger charge is -2.17. The van der Waals surface area contributed by atoms with Crippen LogP contribution in [0, 0.1) is 0 Å². The molecule has 3 atom stereocenters. The molecule has 0 saturated heterocycles. The highest BCUT2D eigenvalue weighted by molar-refractivity contribution is 5.88. The van der Waals surface area contributed by atoms with E-state index in [2.05, 4.69) is 10.1 Å². The summed E-state index contributed by atoms with van der Waals surface area (Å²) < 4.78 is 0. The van der Waals surface area contributed by atoms with E-state index in [1.54, 1.807) is 0 Å². The second kappa shape index (κ2) is 6.98. The van der Waals surface area contributed by atoms with E-state index in [1.807, 2.05) is 5.43 Å². The van der Waals surface area contributed by atoms with E-state index < -0.39 is 37.2 Å². The minimum Gasteiger partial charge on any atom is -0.394 e. The molecule has 0 spiro atoms. The van der Waals surface area contributed by atoms with Crippen LogP contribution in [0.4, 0.5) is 0 Å². The first-order chi connectivity index (χ1) is 7.08. The normalized spacial score (nSPS) is 16.0. The third-order valence-corrected chi connectivity index (χ3v) is 1.63. The first kappa shape index (κ1) is 13.6. The third kappa shape index (κ3) is 4.11. The van der Waals surface area contributed by atoms with E-state index >= 15 is 0 Å². The molecule has 86 valence electrons. The highest BCUT2D eigenvalue weighted by Gasteiger charge is 2.31. The summed E-state index contributed by atoms with van der Waals surface area (Å²) in [4.78, 5) is 13.5. The molecule has 0 rings (SSSR count). The lowest BCUT2D eigenvalue weighted by Crippen LogP contribution is -2.48. The maximum absolute atomic E-state index is 11.3. The zero-order valence-electron chi connectivity index (χ0n) is 7.69. The van der Waals surface area contributed by atoms with Crippen molar-refractivity contribution in [2.75, 3.05) is 13.2 Å². The topological polar surface area (TPSA) is 159 Å². The van der Waals surface area contributed by atoms with Gasteiger partial charge in [0, 0.05) is 0 Å². The van der Waals surface area contributed by atoms with Crippen molar-refractivity contribution in [3.8, 4) is 0 Å². The molecule has 5 N–H and O–H groups in total. The molecule has 0 aromatic carbocycles. The molecule has 9 nitrogen and oxygen atoms in total. The molecule has 0 fully saturated rings. The molecule has 0 aliphatic rings. The predicted molar refractivity (Wildman–Crippen MR) is 47.3 cm³/mol. The van der Waals surface area contributed by atoms with Gasteiger partial charge >= 0.3 is 0 Å².